The summed E-state index contributed by atoms with van der Waals surface area (Å²) in [5.74, 6) is 0. The van der Waals surface area contributed by atoms with Crippen molar-refractivity contribution in [2.75, 3.05) is 5.73 Å². The number of hydrogen-bond acceptors (Lipinski definition) is 3. The van der Waals surface area contributed by atoms with Crippen molar-refractivity contribution in [1.29, 1.82) is 0 Å². The van der Waals surface area contributed by atoms with Crippen molar-refractivity contribution in [3.05, 3.63) is 23.2 Å². The van der Waals surface area contributed by atoms with Crippen LogP contribution in [0.4, 0.5) is 5.69 Å². The molecule has 1 aromatic carbocycles. The maximum absolute atomic E-state index is 12.1. The Morgan fingerprint density at radius 2 is 2.06 bits per heavy atom. The first kappa shape index (κ1) is 12.7. The minimum absolute atomic E-state index is 0.0223. The van der Waals surface area contributed by atoms with Gasteiger partial charge in [-0.15, -0.1) is 0 Å². The van der Waals surface area contributed by atoms with E-state index in [4.69, 9.17) is 17.3 Å². The van der Waals surface area contributed by atoms with Gasteiger partial charge in [0, 0.05) is 11.1 Å². The molecule has 1 aliphatic rings. The molecule has 0 spiro atoms. The average molecular weight is 275 g/mol. The molecule has 17 heavy (non-hydrogen) atoms. The quantitative estimate of drug-likeness (QED) is 0.828. The monoisotopic (exact) mass is 274 g/mol. The minimum atomic E-state index is -3.58. The summed E-state index contributed by atoms with van der Waals surface area (Å²) < 4.78 is 26.8. The predicted molar refractivity (Wildman–Crippen MR) is 68.4 cm³/mol. The molecule has 1 fully saturated rings. The lowest BCUT2D eigenvalue weighted by Gasteiger charge is -2.10. The third-order valence-corrected chi connectivity index (χ3v) is 4.84. The van der Waals surface area contributed by atoms with E-state index < -0.39 is 10.0 Å². The van der Waals surface area contributed by atoms with Crippen LogP contribution in [-0.4, -0.2) is 14.5 Å². The fourth-order valence-corrected chi connectivity index (χ4v) is 3.46. The second-order valence-electron chi connectivity index (χ2n) is 5.05. The third kappa shape index (κ3) is 2.56. The highest BCUT2D eigenvalue weighted by Gasteiger charge is 2.48. The zero-order valence-corrected chi connectivity index (χ0v) is 11.3. The molecule has 6 heteroatoms. The fraction of sp³-hybridized carbons (Fsp3) is 0.455. The summed E-state index contributed by atoms with van der Waals surface area (Å²) in [7, 11) is -3.58. The normalized spacial score (nSPS) is 22.4. The van der Waals surface area contributed by atoms with E-state index in [-0.39, 0.29) is 22.0 Å². The molecule has 0 amide bonds. The standard InChI is InChI=1S/C11H15ClN2O2S/c1-11(2)6-10(11)14-17(15,16)9-5-7(12)3-4-8(9)13/h3-5,10,14H,6,13H2,1-2H3. The van der Waals surface area contributed by atoms with Crippen LogP contribution in [0.5, 0.6) is 0 Å². The molecule has 1 aliphatic carbocycles. The van der Waals surface area contributed by atoms with Crippen LogP contribution in [0.3, 0.4) is 0 Å². The van der Waals surface area contributed by atoms with Crippen molar-refractivity contribution in [3.63, 3.8) is 0 Å². The maximum Gasteiger partial charge on any atom is 0.242 e. The van der Waals surface area contributed by atoms with Crippen LogP contribution >= 0.6 is 11.6 Å². The topological polar surface area (TPSA) is 72.2 Å². The van der Waals surface area contributed by atoms with E-state index in [0.717, 1.165) is 6.42 Å². The van der Waals surface area contributed by atoms with Gasteiger partial charge in [-0.2, -0.15) is 0 Å². The van der Waals surface area contributed by atoms with E-state index in [2.05, 4.69) is 4.72 Å². The van der Waals surface area contributed by atoms with E-state index in [1.165, 1.54) is 12.1 Å². The summed E-state index contributed by atoms with van der Waals surface area (Å²) in [6.45, 7) is 4.03. The Morgan fingerprint density at radius 3 is 2.59 bits per heavy atom. The molecule has 0 radical (unpaired) electrons. The van der Waals surface area contributed by atoms with Crippen molar-refractivity contribution in [2.45, 2.75) is 31.2 Å². The number of halogens is 1. The molecule has 0 bridgehead atoms. The van der Waals surface area contributed by atoms with Gasteiger partial charge in [-0.05, 0) is 30.0 Å². The zero-order chi connectivity index (χ0) is 12.8. The molecule has 94 valence electrons. The van der Waals surface area contributed by atoms with Crippen LogP contribution in [0.1, 0.15) is 20.3 Å². The van der Waals surface area contributed by atoms with Crippen molar-refractivity contribution >= 4 is 27.3 Å². The van der Waals surface area contributed by atoms with Gasteiger partial charge < -0.3 is 5.73 Å². The van der Waals surface area contributed by atoms with Gasteiger partial charge in [0.05, 0.1) is 5.69 Å². The smallest absolute Gasteiger partial charge is 0.242 e. The molecule has 1 atom stereocenters. The summed E-state index contributed by atoms with van der Waals surface area (Å²) in [6, 6.07) is 4.41. The highest BCUT2D eigenvalue weighted by atomic mass is 35.5. The van der Waals surface area contributed by atoms with Gasteiger partial charge in [0.2, 0.25) is 10.0 Å². The minimum Gasteiger partial charge on any atom is -0.398 e. The lowest BCUT2D eigenvalue weighted by Crippen LogP contribution is -2.29. The first-order chi connectivity index (χ1) is 7.72. The van der Waals surface area contributed by atoms with Crippen LogP contribution in [-0.2, 0) is 10.0 Å². The zero-order valence-electron chi connectivity index (χ0n) is 9.70. The van der Waals surface area contributed by atoms with E-state index in [1.807, 2.05) is 13.8 Å². The van der Waals surface area contributed by atoms with E-state index in [0.29, 0.717) is 5.02 Å². The molecule has 4 nitrogen and oxygen atoms in total. The number of nitrogens with two attached hydrogens (primary N) is 1. The van der Waals surface area contributed by atoms with Crippen LogP contribution in [0.15, 0.2) is 23.1 Å². The third-order valence-electron chi connectivity index (χ3n) is 3.08. The molecule has 0 aliphatic heterocycles. The first-order valence-electron chi connectivity index (χ1n) is 5.30. The number of nitrogens with one attached hydrogen (secondary N) is 1. The van der Waals surface area contributed by atoms with Gasteiger partial charge >= 0.3 is 0 Å². The Kier molecular flexibility index (Phi) is 2.88. The van der Waals surface area contributed by atoms with E-state index in [1.54, 1.807) is 6.07 Å². The molecule has 0 aromatic heterocycles. The first-order valence-corrected chi connectivity index (χ1v) is 7.16. The largest absolute Gasteiger partial charge is 0.398 e. The number of anilines is 1. The van der Waals surface area contributed by atoms with Gasteiger partial charge in [0.1, 0.15) is 4.90 Å². The Morgan fingerprint density at radius 1 is 1.47 bits per heavy atom. The van der Waals surface area contributed by atoms with Gasteiger partial charge in [-0.25, -0.2) is 13.1 Å². The SMILES string of the molecule is CC1(C)CC1NS(=O)(=O)c1cc(Cl)ccc1N. The molecular formula is C11H15ClN2O2S. The van der Waals surface area contributed by atoms with Crippen LogP contribution in [0, 0.1) is 5.41 Å². The number of benzene rings is 1. The summed E-state index contributed by atoms with van der Waals surface area (Å²) >= 11 is 5.78. The molecule has 1 aromatic rings. The highest BCUT2D eigenvalue weighted by Crippen LogP contribution is 2.45. The van der Waals surface area contributed by atoms with Crippen molar-refractivity contribution in [3.8, 4) is 0 Å². The Balaban J connectivity index is 2.29. The van der Waals surface area contributed by atoms with Crippen LogP contribution in [0.2, 0.25) is 5.02 Å². The number of rotatable bonds is 3. The van der Waals surface area contributed by atoms with Crippen LogP contribution in [0.25, 0.3) is 0 Å². The Labute approximate surface area is 106 Å². The molecule has 1 unspecified atom stereocenters. The Hall–Kier alpha value is -0.780. The fourth-order valence-electron chi connectivity index (χ4n) is 1.66. The molecular weight excluding hydrogens is 260 g/mol. The molecule has 0 saturated heterocycles. The van der Waals surface area contributed by atoms with Crippen LogP contribution < -0.4 is 10.5 Å². The van der Waals surface area contributed by atoms with Crippen molar-refractivity contribution < 1.29 is 8.42 Å². The number of nitrogen functional groups attached to an aromatic ring is 1. The van der Waals surface area contributed by atoms with Gasteiger partial charge in [-0.3, -0.25) is 0 Å². The van der Waals surface area contributed by atoms with Crippen molar-refractivity contribution in [2.24, 2.45) is 5.41 Å². The number of hydrogen-bond donors (Lipinski definition) is 2. The molecule has 1 saturated carbocycles. The molecule has 0 heterocycles. The summed E-state index contributed by atoms with van der Waals surface area (Å²) in [4.78, 5) is 0.0488. The maximum atomic E-state index is 12.1. The average Bonchev–Trinajstić information content (AvgIpc) is 2.76. The summed E-state index contributed by atoms with van der Waals surface area (Å²) in [6.07, 6.45) is 0.840. The van der Waals surface area contributed by atoms with Gasteiger partial charge in [0.15, 0.2) is 0 Å². The summed E-state index contributed by atoms with van der Waals surface area (Å²) in [5, 5.41) is 0.356. The Bertz CT molecular complexity index is 555. The van der Waals surface area contributed by atoms with Gasteiger partial charge in [0.25, 0.3) is 0 Å². The van der Waals surface area contributed by atoms with E-state index >= 15 is 0 Å². The second kappa shape index (κ2) is 3.86. The second-order valence-corrected chi connectivity index (χ2v) is 7.17. The summed E-state index contributed by atoms with van der Waals surface area (Å²) in [5.41, 5.74) is 5.90. The lowest BCUT2D eigenvalue weighted by molar-refractivity contribution is 0.555. The highest BCUT2D eigenvalue weighted by molar-refractivity contribution is 7.89. The molecule has 3 N–H and O–H groups in total. The predicted octanol–water partition coefficient (Wildman–Crippen LogP) is 2.00. The molecule has 2 rings (SSSR count). The number of sulfonamides is 1. The lowest BCUT2D eigenvalue weighted by atomic mass is 10.2. The van der Waals surface area contributed by atoms with E-state index in [9.17, 15) is 8.42 Å². The van der Waals surface area contributed by atoms with Gasteiger partial charge in [-0.1, -0.05) is 25.4 Å². The van der Waals surface area contributed by atoms with Crippen molar-refractivity contribution in [1.82, 2.24) is 4.72 Å².